The molecule has 1 aromatic carbocycles. The molecule has 1 amide bonds. The minimum Gasteiger partial charge on any atom is -0.463 e. The van der Waals surface area contributed by atoms with Gasteiger partial charge >= 0.3 is 18.4 Å². The van der Waals surface area contributed by atoms with E-state index in [0.29, 0.717) is 24.5 Å². The van der Waals surface area contributed by atoms with Gasteiger partial charge in [0.1, 0.15) is 5.60 Å². The lowest BCUT2D eigenvalue weighted by Gasteiger charge is -2.19. The van der Waals surface area contributed by atoms with Gasteiger partial charge in [0, 0.05) is 6.54 Å². The fraction of sp³-hybridized carbons (Fsp3) is 0.500. The zero-order chi connectivity index (χ0) is 17.0. The van der Waals surface area contributed by atoms with E-state index < -0.39 is 24.0 Å². The van der Waals surface area contributed by atoms with E-state index in [0.717, 1.165) is 5.56 Å². The molecule has 0 saturated heterocycles. The zero-order valence-electron chi connectivity index (χ0n) is 13.7. The minimum absolute atomic E-state index is 0.426. The summed E-state index contributed by atoms with van der Waals surface area (Å²) in [4.78, 5) is 23.0. The molecule has 1 atom stereocenters. The lowest BCUT2D eigenvalue weighted by Crippen LogP contribution is -2.33. The van der Waals surface area contributed by atoms with Gasteiger partial charge in [0.2, 0.25) is 0 Å². The number of esters is 1. The molecule has 1 unspecified atom stereocenters. The van der Waals surface area contributed by atoms with Gasteiger partial charge in [-0.25, -0.2) is 9.59 Å². The Bertz CT molecular complexity index is 593. The Hall–Kier alpha value is -2.44. The van der Waals surface area contributed by atoms with Crippen molar-refractivity contribution in [3.05, 3.63) is 23.8 Å². The average molecular weight is 323 g/mol. The molecule has 2 rings (SSSR count). The third-order valence-corrected chi connectivity index (χ3v) is 2.95. The van der Waals surface area contributed by atoms with Crippen molar-refractivity contribution < 1.29 is 28.5 Å². The molecule has 0 saturated carbocycles. The number of alkyl carbamates (subject to hydrolysis) is 1. The molecule has 0 aromatic heterocycles. The highest BCUT2D eigenvalue weighted by Gasteiger charge is 2.31. The maximum absolute atomic E-state index is 11.6. The van der Waals surface area contributed by atoms with Gasteiger partial charge in [-0.05, 0) is 44.9 Å². The Kier molecular flexibility index (Phi) is 4.98. The van der Waals surface area contributed by atoms with Crippen LogP contribution in [0.1, 0.15) is 26.3 Å². The summed E-state index contributed by atoms with van der Waals surface area (Å²) in [6, 6.07) is 5.34. The van der Waals surface area contributed by atoms with Crippen molar-refractivity contribution in [2.45, 2.75) is 39.1 Å². The van der Waals surface area contributed by atoms with Crippen LogP contribution >= 0.6 is 0 Å². The number of amides is 1. The maximum Gasteiger partial charge on any atom is 0.407 e. The second-order valence-corrected chi connectivity index (χ2v) is 6.05. The smallest absolute Gasteiger partial charge is 0.407 e. The molecule has 7 nitrogen and oxygen atoms in total. The number of hydrogen-bond acceptors (Lipinski definition) is 6. The lowest BCUT2D eigenvalue weighted by atomic mass is 10.1. The third kappa shape index (κ3) is 4.77. The maximum atomic E-state index is 11.6. The molecule has 1 N–H and O–H groups in total. The first-order chi connectivity index (χ1) is 10.8. The normalized spacial score (nSPS) is 15.9. The number of nitrogens with one attached hydrogen (secondary N) is 1. The molecule has 0 spiro atoms. The van der Waals surface area contributed by atoms with Gasteiger partial charge in [0.25, 0.3) is 0 Å². The molecular weight excluding hydrogens is 302 g/mol. The van der Waals surface area contributed by atoms with Crippen molar-refractivity contribution in [2.75, 3.05) is 13.7 Å². The first-order valence-corrected chi connectivity index (χ1v) is 7.29. The van der Waals surface area contributed by atoms with Gasteiger partial charge < -0.3 is 24.3 Å². The summed E-state index contributed by atoms with van der Waals surface area (Å²) in [7, 11) is 1.27. The molecule has 0 bridgehead atoms. The van der Waals surface area contributed by atoms with Crippen LogP contribution in [0.5, 0.6) is 11.5 Å². The second kappa shape index (κ2) is 6.76. The van der Waals surface area contributed by atoms with Crippen LogP contribution in [0.25, 0.3) is 0 Å². The standard InChI is InChI=1S/C16H21NO6/c1-16(2,3)23-15(19)17-8-7-10-5-6-11-12(9-10)22-14(21-11)13(18)20-4/h5-6,9,14H,7-8H2,1-4H3,(H,17,19). The van der Waals surface area contributed by atoms with Gasteiger partial charge in [-0.2, -0.15) is 0 Å². The van der Waals surface area contributed by atoms with Crippen LogP contribution in [0.4, 0.5) is 4.79 Å². The number of methoxy groups -OCH3 is 1. The number of carbonyl (C=O) groups is 2. The van der Waals surface area contributed by atoms with E-state index in [1.807, 2.05) is 26.8 Å². The molecule has 1 aliphatic heterocycles. The van der Waals surface area contributed by atoms with Crippen LogP contribution in [-0.4, -0.2) is 37.6 Å². The fourth-order valence-corrected chi connectivity index (χ4v) is 1.97. The van der Waals surface area contributed by atoms with E-state index in [-0.39, 0.29) is 0 Å². The van der Waals surface area contributed by atoms with Crippen LogP contribution in [0.15, 0.2) is 18.2 Å². The SMILES string of the molecule is COC(=O)C1Oc2ccc(CCNC(=O)OC(C)(C)C)cc2O1. The number of ether oxygens (including phenoxy) is 4. The number of benzene rings is 1. The van der Waals surface area contributed by atoms with Crippen LogP contribution in [-0.2, 0) is 20.7 Å². The predicted octanol–water partition coefficient (Wildman–Crippen LogP) is 2.02. The van der Waals surface area contributed by atoms with Crippen molar-refractivity contribution in [3.63, 3.8) is 0 Å². The highest BCUT2D eigenvalue weighted by atomic mass is 16.7. The Morgan fingerprint density at radius 3 is 2.57 bits per heavy atom. The Morgan fingerprint density at radius 2 is 1.91 bits per heavy atom. The van der Waals surface area contributed by atoms with Crippen LogP contribution in [0.2, 0.25) is 0 Å². The van der Waals surface area contributed by atoms with Gasteiger partial charge in [-0.1, -0.05) is 6.07 Å². The van der Waals surface area contributed by atoms with Crippen molar-refractivity contribution in [1.29, 1.82) is 0 Å². The third-order valence-electron chi connectivity index (χ3n) is 2.95. The largest absolute Gasteiger partial charge is 0.463 e. The topological polar surface area (TPSA) is 83.1 Å². The second-order valence-electron chi connectivity index (χ2n) is 6.05. The predicted molar refractivity (Wildman–Crippen MR) is 81.4 cm³/mol. The molecule has 1 aliphatic rings. The first kappa shape index (κ1) is 16.9. The quantitative estimate of drug-likeness (QED) is 0.854. The van der Waals surface area contributed by atoms with Crippen LogP contribution in [0, 0.1) is 0 Å². The van der Waals surface area contributed by atoms with E-state index in [1.165, 1.54) is 7.11 Å². The van der Waals surface area contributed by atoms with E-state index in [9.17, 15) is 9.59 Å². The summed E-state index contributed by atoms with van der Waals surface area (Å²) in [5.41, 5.74) is 0.417. The summed E-state index contributed by atoms with van der Waals surface area (Å²) in [6.45, 7) is 5.85. The van der Waals surface area contributed by atoms with Gasteiger partial charge in [0.15, 0.2) is 11.5 Å². The van der Waals surface area contributed by atoms with Gasteiger partial charge in [-0.3, -0.25) is 0 Å². The molecule has 1 aromatic rings. The van der Waals surface area contributed by atoms with Crippen LogP contribution in [0.3, 0.4) is 0 Å². The molecule has 7 heteroatoms. The summed E-state index contributed by atoms with van der Waals surface area (Å²) in [5.74, 6) is 0.383. The first-order valence-electron chi connectivity index (χ1n) is 7.29. The van der Waals surface area contributed by atoms with Crippen molar-refractivity contribution in [1.82, 2.24) is 5.32 Å². The minimum atomic E-state index is -1.06. The zero-order valence-corrected chi connectivity index (χ0v) is 13.7. The van der Waals surface area contributed by atoms with E-state index in [2.05, 4.69) is 10.1 Å². The van der Waals surface area contributed by atoms with Gasteiger partial charge in [0.05, 0.1) is 7.11 Å². The highest BCUT2D eigenvalue weighted by molar-refractivity contribution is 5.75. The Morgan fingerprint density at radius 1 is 1.22 bits per heavy atom. The fourth-order valence-electron chi connectivity index (χ4n) is 1.97. The number of fused-ring (bicyclic) bond motifs is 1. The molecule has 0 fully saturated rings. The van der Waals surface area contributed by atoms with Crippen molar-refractivity contribution in [3.8, 4) is 11.5 Å². The van der Waals surface area contributed by atoms with Crippen molar-refractivity contribution in [2.24, 2.45) is 0 Å². The number of carbonyl (C=O) groups excluding carboxylic acids is 2. The lowest BCUT2D eigenvalue weighted by molar-refractivity contribution is -0.158. The van der Waals surface area contributed by atoms with E-state index in [4.69, 9.17) is 14.2 Å². The highest BCUT2D eigenvalue weighted by Crippen LogP contribution is 2.35. The molecule has 126 valence electrons. The number of hydrogen-bond donors (Lipinski definition) is 1. The summed E-state index contributed by atoms with van der Waals surface area (Å²) in [6.07, 6.45) is -0.923. The molecule has 23 heavy (non-hydrogen) atoms. The van der Waals surface area contributed by atoms with E-state index in [1.54, 1.807) is 12.1 Å². The Balaban J connectivity index is 1.85. The monoisotopic (exact) mass is 323 g/mol. The number of rotatable bonds is 4. The van der Waals surface area contributed by atoms with Crippen molar-refractivity contribution >= 4 is 12.1 Å². The molecule has 0 aliphatic carbocycles. The van der Waals surface area contributed by atoms with Crippen LogP contribution < -0.4 is 14.8 Å². The summed E-state index contributed by atoms with van der Waals surface area (Å²) in [5, 5.41) is 2.68. The average Bonchev–Trinajstić information content (AvgIpc) is 2.87. The van der Waals surface area contributed by atoms with Gasteiger partial charge in [-0.15, -0.1) is 0 Å². The summed E-state index contributed by atoms with van der Waals surface area (Å²) < 4.78 is 20.4. The Labute approximate surface area is 134 Å². The summed E-state index contributed by atoms with van der Waals surface area (Å²) >= 11 is 0. The molecule has 1 heterocycles. The molecular formula is C16H21NO6. The molecule has 0 radical (unpaired) electrons. The van der Waals surface area contributed by atoms with E-state index >= 15 is 0 Å².